The first-order valence-electron chi connectivity index (χ1n) is 15.7. The SMILES string of the molecule is CC(C)(C)[Si](C)(C)O[C@H]1[C@H]2OC(C(I)P(=O)(OCc3ccccc3)OCc3ccccc3)(O[C@@H]2CO)[C@@H]1O[Si](C)(C)C(C)(C)C. The number of hydrogen-bond donors (Lipinski definition) is 1. The number of alkyl halides is 1. The summed E-state index contributed by atoms with van der Waals surface area (Å²) in [4.78, 5) is 0. The summed E-state index contributed by atoms with van der Waals surface area (Å²) < 4.78 is 54.5. The van der Waals surface area contributed by atoms with Crippen LogP contribution in [0.4, 0.5) is 0 Å². The number of halogens is 1. The van der Waals surface area contributed by atoms with Gasteiger partial charge in [-0.05, 0) is 47.4 Å². The second-order valence-electron chi connectivity index (χ2n) is 15.2. The summed E-state index contributed by atoms with van der Waals surface area (Å²) in [5, 5.41) is 10.3. The fourth-order valence-electron chi connectivity index (χ4n) is 4.98. The van der Waals surface area contributed by atoms with Crippen LogP contribution >= 0.6 is 30.2 Å². The van der Waals surface area contributed by atoms with E-state index < -0.39 is 58.1 Å². The molecule has 2 saturated heterocycles. The molecule has 0 aliphatic carbocycles. The standard InChI is InChI=1S/C33H52IO8PSi2/c1-31(2,3)44(7,8)41-28-27-26(21-35)39-33(40-27,29(28)42-45(9,10)32(4,5)6)30(34)43(36,37-22-24-17-13-11-14-18-24)38-23-25-19-15-12-16-20-25/h11-20,26-30,35H,21-23H2,1-10H3/t26-,27+,28+,29-,30?,33?/m1/s1. The Morgan fingerprint density at radius 2 is 1.27 bits per heavy atom. The maximum Gasteiger partial charge on any atom is 0.349 e. The van der Waals surface area contributed by atoms with Gasteiger partial charge in [-0.1, -0.05) is 125 Å². The van der Waals surface area contributed by atoms with E-state index in [-0.39, 0.29) is 29.9 Å². The molecule has 2 unspecified atom stereocenters. The van der Waals surface area contributed by atoms with E-state index in [2.05, 4.69) is 90.3 Å². The van der Waals surface area contributed by atoms with E-state index in [9.17, 15) is 5.11 Å². The van der Waals surface area contributed by atoms with Crippen LogP contribution in [-0.4, -0.2) is 62.2 Å². The fraction of sp³-hybridized carbons (Fsp3) is 0.636. The zero-order valence-electron chi connectivity index (χ0n) is 28.4. The van der Waals surface area contributed by atoms with Crippen LogP contribution in [0.1, 0.15) is 52.7 Å². The highest BCUT2D eigenvalue weighted by atomic mass is 127. The molecular formula is C33H52IO8PSi2. The summed E-state index contributed by atoms with van der Waals surface area (Å²) in [6.45, 7) is 21.7. The normalized spacial score (nSPS) is 26.8. The molecule has 8 nitrogen and oxygen atoms in total. The molecule has 0 radical (unpaired) electrons. The lowest BCUT2D eigenvalue weighted by Gasteiger charge is -2.49. The van der Waals surface area contributed by atoms with Gasteiger partial charge in [0.1, 0.15) is 24.4 Å². The Kier molecular flexibility index (Phi) is 11.5. The summed E-state index contributed by atoms with van der Waals surface area (Å²) in [6.07, 6.45) is -2.57. The van der Waals surface area contributed by atoms with Gasteiger partial charge in [0.15, 0.2) is 20.3 Å². The zero-order chi connectivity index (χ0) is 33.5. The molecule has 2 bridgehead atoms. The molecule has 6 atom stereocenters. The van der Waals surface area contributed by atoms with Gasteiger partial charge < -0.3 is 32.5 Å². The van der Waals surface area contributed by atoms with Crippen LogP contribution < -0.4 is 0 Å². The molecular weight excluding hydrogens is 738 g/mol. The van der Waals surface area contributed by atoms with Gasteiger partial charge >= 0.3 is 7.60 Å². The lowest BCUT2D eigenvalue weighted by Crippen LogP contribution is -2.64. The quantitative estimate of drug-likeness (QED) is 0.0934. The Balaban J connectivity index is 1.79. The molecule has 12 heteroatoms. The second kappa shape index (κ2) is 13.8. The van der Waals surface area contributed by atoms with Crippen LogP contribution in [0.25, 0.3) is 0 Å². The van der Waals surface area contributed by atoms with E-state index in [0.717, 1.165) is 11.1 Å². The van der Waals surface area contributed by atoms with Gasteiger partial charge in [0.2, 0.25) is 5.79 Å². The lowest BCUT2D eigenvalue weighted by molar-refractivity contribution is -0.208. The van der Waals surface area contributed by atoms with Gasteiger partial charge in [-0.3, -0.25) is 4.57 Å². The highest BCUT2D eigenvalue weighted by Crippen LogP contribution is 2.66. The maximum absolute atomic E-state index is 15.1. The van der Waals surface area contributed by atoms with E-state index >= 15 is 4.57 Å². The molecule has 0 saturated carbocycles. The Morgan fingerprint density at radius 3 is 1.69 bits per heavy atom. The van der Waals surface area contributed by atoms with Gasteiger partial charge in [0.05, 0.1) is 19.8 Å². The van der Waals surface area contributed by atoms with Crippen molar-refractivity contribution in [3.8, 4) is 0 Å². The highest BCUT2D eigenvalue weighted by molar-refractivity contribution is 14.1. The average molecular weight is 791 g/mol. The molecule has 1 N–H and O–H groups in total. The molecule has 0 amide bonds. The van der Waals surface area contributed by atoms with E-state index in [0.29, 0.717) is 0 Å². The van der Waals surface area contributed by atoms with E-state index in [1.165, 1.54) is 0 Å². The second-order valence-corrected chi connectivity index (χ2v) is 29.0. The molecule has 2 aromatic carbocycles. The highest BCUT2D eigenvalue weighted by Gasteiger charge is 2.73. The smallest absolute Gasteiger partial charge is 0.349 e. The van der Waals surface area contributed by atoms with Gasteiger partial charge in [0, 0.05) is 0 Å². The number of hydrogen-bond acceptors (Lipinski definition) is 8. The summed E-state index contributed by atoms with van der Waals surface area (Å²) in [5.41, 5.74) is 1.72. The Hall–Kier alpha value is -0.446. The van der Waals surface area contributed by atoms with Gasteiger partial charge in [-0.25, -0.2) is 0 Å². The summed E-state index contributed by atoms with van der Waals surface area (Å²) in [5.74, 6) is -1.55. The predicted octanol–water partition coefficient (Wildman–Crippen LogP) is 8.64. The van der Waals surface area contributed by atoms with Crippen molar-refractivity contribution in [1.29, 1.82) is 0 Å². The predicted molar refractivity (Wildman–Crippen MR) is 192 cm³/mol. The van der Waals surface area contributed by atoms with E-state index in [1.807, 2.05) is 60.7 Å². The van der Waals surface area contributed by atoms with Crippen molar-refractivity contribution in [1.82, 2.24) is 0 Å². The lowest BCUT2D eigenvalue weighted by atomic mass is 9.99. The van der Waals surface area contributed by atoms with Crippen LogP contribution in [0.3, 0.4) is 0 Å². The average Bonchev–Trinajstić information content (AvgIpc) is 3.49. The van der Waals surface area contributed by atoms with Gasteiger partial charge in [0.25, 0.3) is 0 Å². The minimum Gasteiger partial charge on any atom is -0.408 e. The number of rotatable bonds is 13. The number of fused-ring (bicyclic) bond motifs is 2. The first-order chi connectivity index (χ1) is 20.8. The summed E-state index contributed by atoms with van der Waals surface area (Å²) in [6, 6.07) is 19.2. The third-order valence-electron chi connectivity index (χ3n) is 9.80. The van der Waals surface area contributed by atoms with Crippen LogP contribution in [-0.2, 0) is 45.2 Å². The first kappa shape index (κ1) is 37.4. The maximum atomic E-state index is 15.1. The minimum absolute atomic E-state index is 0.0764. The summed E-state index contributed by atoms with van der Waals surface area (Å²) in [7, 11) is -8.81. The monoisotopic (exact) mass is 790 g/mol. The number of aliphatic hydroxyl groups is 1. The van der Waals surface area contributed by atoms with Crippen molar-refractivity contribution < 1.29 is 37.0 Å². The minimum atomic E-state index is -3.99. The Bertz CT molecular complexity index is 1270. The van der Waals surface area contributed by atoms with Crippen molar-refractivity contribution >= 4 is 46.8 Å². The topological polar surface area (TPSA) is 92.7 Å². The third kappa shape index (κ3) is 7.90. The molecule has 2 aliphatic heterocycles. The molecule has 252 valence electrons. The number of aliphatic hydroxyl groups excluding tert-OH is 1. The van der Waals surface area contributed by atoms with E-state index in [1.54, 1.807) is 0 Å². The molecule has 45 heavy (non-hydrogen) atoms. The van der Waals surface area contributed by atoms with Crippen molar-refractivity contribution in [2.45, 2.75) is 125 Å². The number of benzene rings is 2. The van der Waals surface area contributed by atoms with Crippen molar-refractivity contribution in [3.63, 3.8) is 0 Å². The molecule has 0 spiro atoms. The Labute approximate surface area is 285 Å². The van der Waals surface area contributed by atoms with Crippen LogP contribution in [0.15, 0.2) is 60.7 Å². The van der Waals surface area contributed by atoms with Crippen molar-refractivity contribution in [2.75, 3.05) is 6.61 Å². The van der Waals surface area contributed by atoms with Gasteiger partial charge in [-0.15, -0.1) is 0 Å². The molecule has 2 heterocycles. The van der Waals surface area contributed by atoms with Gasteiger partial charge in [-0.2, -0.15) is 0 Å². The molecule has 2 fully saturated rings. The third-order valence-corrected chi connectivity index (χ3v) is 23.5. The number of ether oxygens (including phenoxy) is 2. The van der Waals surface area contributed by atoms with Crippen LogP contribution in [0.5, 0.6) is 0 Å². The summed E-state index contributed by atoms with van der Waals surface area (Å²) >= 11 is 2.11. The molecule has 2 aromatic rings. The largest absolute Gasteiger partial charge is 0.408 e. The van der Waals surface area contributed by atoms with Crippen LogP contribution in [0.2, 0.25) is 36.3 Å². The first-order valence-corrected chi connectivity index (χ1v) is 24.4. The molecule has 4 rings (SSSR count). The Morgan fingerprint density at radius 1 is 0.822 bits per heavy atom. The zero-order valence-corrected chi connectivity index (χ0v) is 33.5. The molecule has 0 aromatic heterocycles. The van der Waals surface area contributed by atoms with Crippen molar-refractivity contribution in [3.05, 3.63) is 71.8 Å². The van der Waals surface area contributed by atoms with E-state index in [4.69, 9.17) is 27.4 Å². The van der Waals surface area contributed by atoms with Crippen molar-refractivity contribution in [2.24, 2.45) is 0 Å². The fourth-order valence-corrected chi connectivity index (χ4v) is 10.9. The molecule has 2 aliphatic rings. The van der Waals surface area contributed by atoms with Crippen LogP contribution in [0, 0.1) is 0 Å².